The Bertz CT molecular complexity index is 236. The minimum atomic E-state index is 0.337. The maximum absolute atomic E-state index is 11.2. The van der Waals surface area contributed by atoms with Crippen molar-refractivity contribution in [3.05, 3.63) is 0 Å². The van der Waals surface area contributed by atoms with Crippen LogP contribution in [0, 0.1) is 5.92 Å². The molecule has 0 aromatic carbocycles. The average molecular weight is 225 g/mol. The van der Waals surface area contributed by atoms with Crippen molar-refractivity contribution in [2.24, 2.45) is 5.92 Å². The SMILES string of the molecule is CC(=O)CC1CCCN1CC1CCOCC1. The molecule has 0 bridgehead atoms. The lowest BCUT2D eigenvalue weighted by atomic mass is 9.99. The molecule has 0 amide bonds. The van der Waals surface area contributed by atoms with Crippen molar-refractivity contribution in [3.8, 4) is 0 Å². The molecule has 0 aromatic heterocycles. The Morgan fingerprint density at radius 3 is 2.75 bits per heavy atom. The topological polar surface area (TPSA) is 29.5 Å². The molecule has 2 heterocycles. The van der Waals surface area contributed by atoms with Crippen molar-refractivity contribution >= 4 is 5.78 Å². The first-order valence-corrected chi connectivity index (χ1v) is 6.57. The number of likely N-dealkylation sites (tertiary alicyclic amines) is 1. The third kappa shape index (κ3) is 3.29. The largest absolute Gasteiger partial charge is 0.381 e. The van der Waals surface area contributed by atoms with Gasteiger partial charge in [-0.3, -0.25) is 9.69 Å². The number of carbonyl (C=O) groups is 1. The van der Waals surface area contributed by atoms with Crippen molar-refractivity contribution < 1.29 is 9.53 Å². The highest BCUT2D eigenvalue weighted by Crippen LogP contribution is 2.24. The molecule has 0 spiro atoms. The summed E-state index contributed by atoms with van der Waals surface area (Å²) in [5.41, 5.74) is 0. The third-order valence-electron chi connectivity index (χ3n) is 3.86. The van der Waals surface area contributed by atoms with E-state index in [1.165, 1.54) is 38.8 Å². The third-order valence-corrected chi connectivity index (χ3v) is 3.86. The van der Waals surface area contributed by atoms with Gasteiger partial charge in [0.1, 0.15) is 5.78 Å². The van der Waals surface area contributed by atoms with Crippen molar-refractivity contribution in [2.45, 2.75) is 45.1 Å². The van der Waals surface area contributed by atoms with Crippen molar-refractivity contribution in [1.29, 1.82) is 0 Å². The molecule has 2 fully saturated rings. The second-order valence-corrected chi connectivity index (χ2v) is 5.25. The number of ketones is 1. The fraction of sp³-hybridized carbons (Fsp3) is 0.923. The number of rotatable bonds is 4. The Balaban J connectivity index is 1.80. The van der Waals surface area contributed by atoms with E-state index in [1.54, 1.807) is 6.92 Å². The Hall–Kier alpha value is -0.410. The van der Waals surface area contributed by atoms with Gasteiger partial charge in [-0.25, -0.2) is 0 Å². The lowest BCUT2D eigenvalue weighted by Gasteiger charge is -2.30. The predicted octanol–water partition coefficient (Wildman–Crippen LogP) is 1.86. The predicted molar refractivity (Wildman–Crippen MR) is 63.4 cm³/mol. The summed E-state index contributed by atoms with van der Waals surface area (Å²) >= 11 is 0. The molecule has 3 nitrogen and oxygen atoms in total. The van der Waals surface area contributed by atoms with Gasteiger partial charge in [0.05, 0.1) is 0 Å². The lowest BCUT2D eigenvalue weighted by molar-refractivity contribution is -0.118. The zero-order valence-electron chi connectivity index (χ0n) is 10.3. The molecule has 0 saturated carbocycles. The van der Waals surface area contributed by atoms with Crippen LogP contribution in [0.4, 0.5) is 0 Å². The molecule has 2 aliphatic rings. The molecule has 0 N–H and O–H groups in total. The first kappa shape index (κ1) is 12.1. The van der Waals surface area contributed by atoms with Crippen LogP contribution in [0.5, 0.6) is 0 Å². The Morgan fingerprint density at radius 1 is 1.31 bits per heavy atom. The summed E-state index contributed by atoms with van der Waals surface area (Å²) in [5, 5.41) is 0. The molecule has 1 unspecified atom stereocenters. The van der Waals surface area contributed by atoms with Crippen LogP contribution in [0.1, 0.15) is 39.0 Å². The lowest BCUT2D eigenvalue weighted by Crippen LogP contribution is -2.36. The van der Waals surface area contributed by atoms with Crippen molar-refractivity contribution in [3.63, 3.8) is 0 Å². The Kier molecular flexibility index (Phi) is 4.36. The summed E-state index contributed by atoms with van der Waals surface area (Å²) in [6.45, 7) is 5.94. The summed E-state index contributed by atoms with van der Waals surface area (Å²) in [5.74, 6) is 1.13. The quantitative estimate of drug-likeness (QED) is 0.731. The molecule has 0 aromatic rings. The van der Waals surface area contributed by atoms with E-state index in [1.807, 2.05) is 0 Å². The molecular formula is C13H23NO2. The van der Waals surface area contributed by atoms with Crippen LogP contribution in [0.25, 0.3) is 0 Å². The highest BCUT2D eigenvalue weighted by atomic mass is 16.5. The summed E-state index contributed by atoms with van der Waals surface area (Å²) in [6.07, 6.45) is 5.62. The van der Waals surface area contributed by atoms with Crippen LogP contribution < -0.4 is 0 Å². The fourth-order valence-corrected chi connectivity index (χ4v) is 2.96. The van der Waals surface area contributed by atoms with Crippen LogP contribution in [-0.2, 0) is 9.53 Å². The van der Waals surface area contributed by atoms with Gasteiger partial charge in [0.25, 0.3) is 0 Å². The molecule has 92 valence electrons. The number of Topliss-reactive ketones (excluding diaryl/α,β-unsaturated/α-hetero) is 1. The number of hydrogen-bond donors (Lipinski definition) is 0. The second-order valence-electron chi connectivity index (χ2n) is 5.25. The Morgan fingerprint density at radius 2 is 2.06 bits per heavy atom. The first-order chi connectivity index (χ1) is 7.75. The van der Waals surface area contributed by atoms with Crippen LogP contribution in [-0.4, -0.2) is 43.0 Å². The monoisotopic (exact) mass is 225 g/mol. The molecule has 1 atom stereocenters. The van der Waals surface area contributed by atoms with Gasteiger partial charge in [0, 0.05) is 32.2 Å². The summed E-state index contributed by atoms with van der Waals surface area (Å²) in [7, 11) is 0. The van der Waals surface area contributed by atoms with E-state index in [4.69, 9.17) is 4.74 Å². The maximum Gasteiger partial charge on any atom is 0.131 e. The van der Waals surface area contributed by atoms with E-state index in [9.17, 15) is 4.79 Å². The first-order valence-electron chi connectivity index (χ1n) is 6.57. The van der Waals surface area contributed by atoms with E-state index in [2.05, 4.69) is 4.90 Å². The highest BCUT2D eigenvalue weighted by molar-refractivity contribution is 5.76. The molecule has 3 heteroatoms. The molecule has 2 aliphatic heterocycles. The van der Waals surface area contributed by atoms with Gasteiger partial charge < -0.3 is 4.74 Å². The van der Waals surface area contributed by atoms with Crippen LogP contribution in [0.2, 0.25) is 0 Å². The molecule has 16 heavy (non-hydrogen) atoms. The number of carbonyl (C=O) groups excluding carboxylic acids is 1. The average Bonchev–Trinajstić information content (AvgIpc) is 2.66. The molecule has 2 saturated heterocycles. The normalized spacial score (nSPS) is 28.4. The second kappa shape index (κ2) is 5.78. The van der Waals surface area contributed by atoms with Gasteiger partial charge in [0.2, 0.25) is 0 Å². The van der Waals surface area contributed by atoms with E-state index in [0.29, 0.717) is 11.8 Å². The van der Waals surface area contributed by atoms with Gasteiger partial charge in [-0.1, -0.05) is 0 Å². The fourth-order valence-electron chi connectivity index (χ4n) is 2.96. The van der Waals surface area contributed by atoms with E-state index >= 15 is 0 Å². The molecule has 0 aliphatic carbocycles. The molecule has 0 radical (unpaired) electrons. The van der Waals surface area contributed by atoms with Gasteiger partial charge in [0.15, 0.2) is 0 Å². The Labute approximate surface area is 98.1 Å². The van der Waals surface area contributed by atoms with Crippen LogP contribution >= 0.6 is 0 Å². The molecular weight excluding hydrogens is 202 g/mol. The van der Waals surface area contributed by atoms with E-state index in [-0.39, 0.29) is 0 Å². The number of hydrogen-bond acceptors (Lipinski definition) is 3. The van der Waals surface area contributed by atoms with Crippen molar-refractivity contribution in [2.75, 3.05) is 26.3 Å². The maximum atomic E-state index is 11.2. The van der Waals surface area contributed by atoms with Gasteiger partial charge >= 0.3 is 0 Å². The minimum Gasteiger partial charge on any atom is -0.381 e. The van der Waals surface area contributed by atoms with Crippen LogP contribution in [0.3, 0.4) is 0 Å². The number of ether oxygens (including phenoxy) is 1. The smallest absolute Gasteiger partial charge is 0.131 e. The zero-order valence-corrected chi connectivity index (χ0v) is 10.3. The minimum absolute atomic E-state index is 0.337. The van der Waals surface area contributed by atoms with E-state index < -0.39 is 0 Å². The van der Waals surface area contributed by atoms with E-state index in [0.717, 1.165) is 25.6 Å². The molecule has 2 rings (SSSR count). The van der Waals surface area contributed by atoms with Gasteiger partial charge in [-0.15, -0.1) is 0 Å². The van der Waals surface area contributed by atoms with Gasteiger partial charge in [-0.2, -0.15) is 0 Å². The summed E-state index contributed by atoms with van der Waals surface area (Å²) < 4.78 is 5.38. The summed E-state index contributed by atoms with van der Waals surface area (Å²) in [6, 6.07) is 0.528. The highest BCUT2D eigenvalue weighted by Gasteiger charge is 2.28. The van der Waals surface area contributed by atoms with Crippen LogP contribution in [0.15, 0.2) is 0 Å². The van der Waals surface area contributed by atoms with Gasteiger partial charge in [-0.05, 0) is 45.1 Å². The van der Waals surface area contributed by atoms with Crippen molar-refractivity contribution in [1.82, 2.24) is 4.90 Å². The standard InChI is InChI=1S/C13H23NO2/c1-11(15)9-13-3-2-6-14(13)10-12-4-7-16-8-5-12/h12-13H,2-10H2,1H3. The summed E-state index contributed by atoms with van der Waals surface area (Å²) in [4.78, 5) is 13.7. The number of nitrogens with zero attached hydrogens (tertiary/aromatic N) is 1. The zero-order chi connectivity index (χ0) is 11.4.